The third kappa shape index (κ3) is 3.43. The predicted molar refractivity (Wildman–Crippen MR) is 140 cm³/mol. The van der Waals surface area contributed by atoms with Crippen LogP contribution in [0.1, 0.15) is 42.5 Å². The number of fused-ring (bicyclic) bond motifs is 3. The third-order valence-corrected chi connectivity index (χ3v) is 8.39. The van der Waals surface area contributed by atoms with Gasteiger partial charge in [0, 0.05) is 17.4 Å². The Hall–Kier alpha value is -3.91. The van der Waals surface area contributed by atoms with Crippen LogP contribution in [0.3, 0.4) is 0 Å². The Kier molecular flexibility index (Phi) is 5.80. The fourth-order valence-corrected chi connectivity index (χ4v) is 6.89. The summed E-state index contributed by atoms with van der Waals surface area (Å²) in [5.41, 5.74) is 6.37. The molecule has 3 aliphatic carbocycles. The number of hydrogen-bond donors (Lipinski definition) is 5. The molecule has 5 rings (SSSR count). The first-order chi connectivity index (χ1) is 17.8. The summed E-state index contributed by atoms with van der Waals surface area (Å²) in [6.07, 6.45) is 0.351. The summed E-state index contributed by atoms with van der Waals surface area (Å²) >= 11 is 0. The van der Waals surface area contributed by atoms with Crippen LogP contribution < -0.4 is 5.73 Å². The lowest BCUT2D eigenvalue weighted by molar-refractivity contribution is -0.155. The molecule has 0 spiro atoms. The minimum Gasteiger partial charge on any atom is -0.508 e. The van der Waals surface area contributed by atoms with Crippen LogP contribution in [0.25, 0.3) is 16.9 Å². The molecule has 6 N–H and O–H groups in total. The number of carbonyl (C=O) groups excluding carboxylic acids is 3. The highest BCUT2D eigenvalue weighted by Gasteiger charge is 2.64. The Morgan fingerprint density at radius 3 is 2.26 bits per heavy atom. The van der Waals surface area contributed by atoms with E-state index in [1.165, 1.54) is 6.07 Å². The number of aliphatic hydroxyl groups excluding tert-OH is 2. The number of benzene rings is 2. The van der Waals surface area contributed by atoms with Crippen molar-refractivity contribution < 1.29 is 34.8 Å². The molecule has 3 aliphatic rings. The Balaban J connectivity index is 1.75. The summed E-state index contributed by atoms with van der Waals surface area (Å²) in [6.45, 7) is 7.44. The number of aliphatic hydroxyl groups is 3. The summed E-state index contributed by atoms with van der Waals surface area (Å²) < 4.78 is 0. The van der Waals surface area contributed by atoms with Gasteiger partial charge in [0.25, 0.3) is 5.91 Å². The van der Waals surface area contributed by atoms with Crippen molar-refractivity contribution >= 4 is 23.2 Å². The van der Waals surface area contributed by atoms with E-state index in [1.807, 2.05) is 32.0 Å². The second-order valence-electron chi connectivity index (χ2n) is 11.2. The minimum atomic E-state index is -2.61. The first kappa shape index (κ1) is 25.7. The number of Topliss-reactive ketones (excluding diaryl/α,β-unsaturated/α-hetero) is 2. The lowest BCUT2D eigenvalue weighted by Gasteiger charge is -2.50. The molecule has 0 radical (unpaired) electrons. The number of phenols is 1. The van der Waals surface area contributed by atoms with Crippen LogP contribution in [-0.4, -0.2) is 43.5 Å². The van der Waals surface area contributed by atoms with E-state index in [0.717, 1.165) is 22.3 Å². The van der Waals surface area contributed by atoms with Crippen molar-refractivity contribution in [3.05, 3.63) is 69.5 Å². The average Bonchev–Trinajstić information content (AvgIpc) is 2.80. The normalized spacial score (nSPS) is 26.8. The number of hydrogen-bond acceptors (Lipinski definition) is 7. The first-order valence-electron chi connectivity index (χ1n) is 12.7. The molecule has 0 unspecified atom stereocenters. The second-order valence-corrected chi connectivity index (χ2v) is 11.2. The molecule has 38 heavy (non-hydrogen) atoms. The van der Waals surface area contributed by atoms with Crippen molar-refractivity contribution in [2.75, 3.05) is 0 Å². The van der Waals surface area contributed by atoms with Crippen LogP contribution in [0.15, 0.2) is 47.2 Å². The van der Waals surface area contributed by atoms with Gasteiger partial charge in [0.15, 0.2) is 11.4 Å². The lowest BCUT2D eigenvalue weighted by atomic mass is 9.54. The Bertz CT molecular complexity index is 1480. The highest BCUT2D eigenvalue weighted by molar-refractivity contribution is 6.23. The maximum Gasteiger partial charge on any atom is 0.255 e. The van der Waals surface area contributed by atoms with Gasteiger partial charge in [-0.1, -0.05) is 49.2 Å². The summed E-state index contributed by atoms with van der Waals surface area (Å²) in [6, 6.07) is 9.27. The van der Waals surface area contributed by atoms with Gasteiger partial charge in [-0.05, 0) is 61.3 Å². The molecular weight excluding hydrogens is 486 g/mol. The van der Waals surface area contributed by atoms with Crippen molar-refractivity contribution in [2.45, 2.75) is 46.1 Å². The highest BCUT2D eigenvalue weighted by atomic mass is 16.3. The Labute approximate surface area is 220 Å². The molecule has 0 aromatic heterocycles. The summed E-state index contributed by atoms with van der Waals surface area (Å²) in [4.78, 5) is 39.3. The van der Waals surface area contributed by atoms with Crippen LogP contribution in [0.4, 0.5) is 0 Å². The number of phenolic OH excluding ortho intramolecular Hbond substituents is 1. The van der Waals surface area contributed by atoms with Crippen molar-refractivity contribution in [1.29, 1.82) is 0 Å². The van der Waals surface area contributed by atoms with E-state index < -0.39 is 57.9 Å². The second kappa shape index (κ2) is 8.56. The molecule has 1 saturated carbocycles. The Morgan fingerprint density at radius 1 is 1.05 bits per heavy atom. The SMILES string of the molecule is Cc1cc(C)cc(-c2ccc(O)c3c2C[C@H]2C[C@H]4[C@H](C(C)C)C(=O)C(C(N)=O)=C(O)[C@@]4(O)C(=O)C2=C3O)c1. The molecule has 0 aliphatic heterocycles. The number of ketones is 2. The average molecular weight is 518 g/mol. The van der Waals surface area contributed by atoms with E-state index in [9.17, 15) is 34.8 Å². The predicted octanol–water partition coefficient (Wildman–Crippen LogP) is 3.59. The van der Waals surface area contributed by atoms with Crippen LogP contribution in [0, 0.1) is 37.5 Å². The van der Waals surface area contributed by atoms with Crippen LogP contribution >= 0.6 is 0 Å². The topological polar surface area (TPSA) is 158 Å². The molecule has 1 amide bonds. The summed E-state index contributed by atoms with van der Waals surface area (Å²) in [5.74, 6) is -7.66. The molecule has 8 nitrogen and oxygen atoms in total. The molecule has 1 fully saturated rings. The van der Waals surface area contributed by atoms with Gasteiger partial charge >= 0.3 is 0 Å². The van der Waals surface area contributed by atoms with E-state index in [2.05, 4.69) is 0 Å². The number of nitrogens with two attached hydrogens (primary N) is 1. The zero-order chi connectivity index (χ0) is 27.8. The van der Waals surface area contributed by atoms with Gasteiger partial charge < -0.3 is 26.2 Å². The van der Waals surface area contributed by atoms with Crippen molar-refractivity contribution in [3.8, 4) is 16.9 Å². The first-order valence-corrected chi connectivity index (χ1v) is 12.7. The quantitative estimate of drug-likeness (QED) is 0.389. The number of rotatable bonds is 3. The van der Waals surface area contributed by atoms with Gasteiger partial charge in [0.2, 0.25) is 5.78 Å². The van der Waals surface area contributed by atoms with Crippen molar-refractivity contribution in [2.24, 2.45) is 29.4 Å². The number of primary amides is 1. The maximum atomic E-state index is 13.9. The standard InChI is InChI=1S/C30H31NO7/c1-12(2)21-19-11-16-10-18-17(15-8-13(3)7-14(4)9-15)5-6-20(32)23(18)26(34)22(16)27(35)30(19,38)28(36)24(25(21)33)29(31)37/h5-9,12,16,19,21,32,34,36,38H,10-11H2,1-4H3,(H2,31,37)/t16-,19-,21-,30-/m0/s1. The Morgan fingerprint density at radius 2 is 1.68 bits per heavy atom. The van der Waals surface area contributed by atoms with E-state index >= 15 is 0 Å². The fraction of sp³-hybridized carbons (Fsp3) is 0.367. The minimum absolute atomic E-state index is 0.0910. The summed E-state index contributed by atoms with van der Waals surface area (Å²) in [5, 5.41) is 44.8. The molecule has 198 valence electrons. The number of aromatic hydroxyl groups is 1. The molecule has 8 heteroatoms. The maximum absolute atomic E-state index is 13.9. The number of amides is 1. The zero-order valence-corrected chi connectivity index (χ0v) is 21.7. The van der Waals surface area contributed by atoms with Gasteiger partial charge in [-0.2, -0.15) is 0 Å². The molecule has 0 saturated heterocycles. The monoisotopic (exact) mass is 517 g/mol. The fourth-order valence-electron chi connectivity index (χ4n) is 6.89. The largest absolute Gasteiger partial charge is 0.508 e. The van der Waals surface area contributed by atoms with Crippen molar-refractivity contribution in [1.82, 2.24) is 0 Å². The molecule has 2 aromatic rings. The molecule has 0 heterocycles. The number of aryl methyl sites for hydroxylation is 2. The lowest BCUT2D eigenvalue weighted by Crippen LogP contribution is -2.62. The molecular formula is C30H31NO7. The highest BCUT2D eigenvalue weighted by Crippen LogP contribution is 2.55. The van der Waals surface area contributed by atoms with Crippen LogP contribution in [0.5, 0.6) is 5.75 Å². The van der Waals surface area contributed by atoms with Gasteiger partial charge in [0.05, 0.1) is 5.56 Å². The summed E-state index contributed by atoms with van der Waals surface area (Å²) in [7, 11) is 0. The van der Waals surface area contributed by atoms with Gasteiger partial charge in [-0.3, -0.25) is 14.4 Å². The van der Waals surface area contributed by atoms with Crippen LogP contribution in [-0.2, 0) is 20.8 Å². The van der Waals surface area contributed by atoms with E-state index in [1.54, 1.807) is 19.9 Å². The molecule has 2 aromatic carbocycles. The smallest absolute Gasteiger partial charge is 0.255 e. The van der Waals surface area contributed by atoms with E-state index in [4.69, 9.17) is 5.73 Å². The van der Waals surface area contributed by atoms with Gasteiger partial charge in [-0.15, -0.1) is 0 Å². The van der Waals surface area contributed by atoms with E-state index in [0.29, 0.717) is 5.56 Å². The van der Waals surface area contributed by atoms with Gasteiger partial charge in [0.1, 0.15) is 22.8 Å². The third-order valence-electron chi connectivity index (χ3n) is 8.39. The molecule has 4 atom stereocenters. The van der Waals surface area contributed by atoms with Gasteiger partial charge in [-0.25, -0.2) is 0 Å². The van der Waals surface area contributed by atoms with Crippen LogP contribution in [0.2, 0.25) is 0 Å². The molecule has 0 bridgehead atoms. The zero-order valence-electron chi connectivity index (χ0n) is 21.7. The number of carbonyl (C=O) groups is 3. The van der Waals surface area contributed by atoms with E-state index in [-0.39, 0.29) is 35.6 Å². The van der Waals surface area contributed by atoms with Crippen molar-refractivity contribution in [3.63, 3.8) is 0 Å².